The van der Waals surface area contributed by atoms with Gasteiger partial charge in [0.25, 0.3) is 0 Å². The Bertz CT molecular complexity index is 916. The van der Waals surface area contributed by atoms with Gasteiger partial charge in [-0.1, -0.05) is 12.1 Å². The van der Waals surface area contributed by atoms with Crippen molar-refractivity contribution < 1.29 is 8.42 Å². The summed E-state index contributed by atoms with van der Waals surface area (Å²) in [4.78, 5) is 12.1. The van der Waals surface area contributed by atoms with Crippen LogP contribution in [0.25, 0.3) is 11.0 Å². The van der Waals surface area contributed by atoms with Gasteiger partial charge in [-0.05, 0) is 23.8 Å². The number of nitrogens with one attached hydrogen (secondary N) is 2. The van der Waals surface area contributed by atoms with Crippen molar-refractivity contribution in [3.8, 4) is 0 Å². The second-order valence-electron chi connectivity index (χ2n) is 4.84. The molecule has 0 saturated carbocycles. The highest BCUT2D eigenvalue weighted by atomic mass is 32.2. The fourth-order valence-electron chi connectivity index (χ4n) is 2.23. The topological polar surface area (TPSA) is 114 Å². The van der Waals surface area contributed by atoms with Gasteiger partial charge in [-0.3, -0.25) is 0 Å². The molecule has 0 spiro atoms. The van der Waals surface area contributed by atoms with Crippen molar-refractivity contribution in [2.24, 2.45) is 5.14 Å². The lowest BCUT2D eigenvalue weighted by atomic mass is 10.1. The van der Waals surface area contributed by atoms with Crippen molar-refractivity contribution in [1.82, 2.24) is 15.0 Å². The Morgan fingerprint density at radius 2 is 1.91 bits per heavy atom. The Hall–Kier alpha value is -2.45. The van der Waals surface area contributed by atoms with E-state index < -0.39 is 10.0 Å². The maximum absolute atomic E-state index is 11.2. The number of benzene rings is 1. The second kappa shape index (κ2) is 5.39. The fraction of sp³-hybridized carbons (Fsp3) is 0.143. The highest BCUT2D eigenvalue weighted by Gasteiger charge is 2.10. The lowest BCUT2D eigenvalue weighted by molar-refractivity contribution is 0.598. The van der Waals surface area contributed by atoms with Gasteiger partial charge in [0.05, 0.1) is 10.4 Å². The van der Waals surface area contributed by atoms with E-state index in [1.54, 1.807) is 19.2 Å². The lowest BCUT2D eigenvalue weighted by Gasteiger charge is -2.06. The zero-order valence-electron chi connectivity index (χ0n) is 11.9. The Balaban J connectivity index is 1.92. The Morgan fingerprint density at radius 1 is 1.18 bits per heavy atom. The second-order valence-corrected chi connectivity index (χ2v) is 6.40. The molecule has 4 N–H and O–H groups in total. The third kappa shape index (κ3) is 2.78. The van der Waals surface area contributed by atoms with Crippen LogP contribution in [0.4, 0.5) is 5.82 Å². The number of aromatic nitrogens is 3. The minimum Gasteiger partial charge on any atom is -0.371 e. The number of anilines is 1. The molecule has 0 aliphatic heterocycles. The van der Waals surface area contributed by atoms with Crippen LogP contribution in [0.15, 0.2) is 41.4 Å². The molecule has 3 aromatic rings. The first-order chi connectivity index (χ1) is 10.5. The van der Waals surface area contributed by atoms with Gasteiger partial charge < -0.3 is 10.3 Å². The van der Waals surface area contributed by atoms with E-state index in [0.717, 1.165) is 22.4 Å². The molecule has 0 aliphatic carbocycles. The van der Waals surface area contributed by atoms with E-state index >= 15 is 0 Å². The summed E-state index contributed by atoms with van der Waals surface area (Å²) in [6.07, 6.45) is 2.31. The van der Waals surface area contributed by atoms with Crippen LogP contribution in [0.3, 0.4) is 0 Å². The van der Waals surface area contributed by atoms with Crippen LogP contribution in [0.5, 0.6) is 0 Å². The van der Waals surface area contributed by atoms with Crippen molar-refractivity contribution in [2.45, 2.75) is 11.3 Å². The number of hydrogen-bond acceptors (Lipinski definition) is 5. The summed E-state index contributed by atoms with van der Waals surface area (Å²) in [5, 5.41) is 8.12. The minimum absolute atomic E-state index is 0.0918. The Labute approximate surface area is 127 Å². The van der Waals surface area contributed by atoms with Gasteiger partial charge in [-0.15, -0.1) is 0 Å². The van der Waals surface area contributed by atoms with Crippen LogP contribution in [0.2, 0.25) is 0 Å². The van der Waals surface area contributed by atoms with E-state index in [2.05, 4.69) is 20.3 Å². The molecular formula is C14H15N5O2S. The molecule has 7 nitrogen and oxygen atoms in total. The number of nitrogens with zero attached hydrogens (tertiary/aromatic N) is 2. The summed E-state index contributed by atoms with van der Waals surface area (Å²) in [6.45, 7) is 0. The molecule has 22 heavy (non-hydrogen) atoms. The van der Waals surface area contributed by atoms with Gasteiger partial charge in [0.2, 0.25) is 10.0 Å². The molecule has 0 aliphatic rings. The van der Waals surface area contributed by atoms with Gasteiger partial charge in [-0.2, -0.15) is 0 Å². The molecule has 1 aromatic carbocycles. The first kappa shape index (κ1) is 14.5. The van der Waals surface area contributed by atoms with Crippen molar-refractivity contribution >= 4 is 26.9 Å². The number of aromatic amines is 1. The highest BCUT2D eigenvalue weighted by Crippen LogP contribution is 2.19. The molecule has 0 bridgehead atoms. The summed E-state index contributed by atoms with van der Waals surface area (Å²) < 4.78 is 22.5. The van der Waals surface area contributed by atoms with Gasteiger partial charge in [0, 0.05) is 19.7 Å². The van der Waals surface area contributed by atoms with Crippen molar-refractivity contribution in [1.29, 1.82) is 0 Å². The molecule has 0 unspecified atom stereocenters. The van der Waals surface area contributed by atoms with Crippen LogP contribution in [-0.4, -0.2) is 30.4 Å². The third-order valence-corrected chi connectivity index (χ3v) is 4.23. The number of nitrogens with two attached hydrogens (primary N) is 1. The fourth-order valence-corrected chi connectivity index (χ4v) is 2.75. The minimum atomic E-state index is -3.67. The number of H-pyrrole nitrogens is 1. The number of primary sulfonamides is 1. The lowest BCUT2D eigenvalue weighted by Crippen LogP contribution is -2.12. The van der Waals surface area contributed by atoms with Gasteiger partial charge in [0.1, 0.15) is 11.3 Å². The number of sulfonamides is 1. The summed E-state index contributed by atoms with van der Waals surface area (Å²) in [5.74, 6) is 1.38. The van der Waals surface area contributed by atoms with Crippen LogP contribution in [0.1, 0.15) is 11.4 Å². The SMILES string of the molecule is CNc1nc(Cc2ccc(S(N)(=O)=O)cc2)nc2cc[nH]c12. The summed E-state index contributed by atoms with van der Waals surface area (Å²) in [7, 11) is -1.87. The van der Waals surface area contributed by atoms with Crippen molar-refractivity contribution in [3.63, 3.8) is 0 Å². The van der Waals surface area contributed by atoms with E-state index in [1.807, 2.05) is 12.3 Å². The van der Waals surface area contributed by atoms with Gasteiger partial charge >= 0.3 is 0 Å². The van der Waals surface area contributed by atoms with E-state index in [1.165, 1.54) is 12.1 Å². The van der Waals surface area contributed by atoms with Crippen molar-refractivity contribution in [2.75, 3.05) is 12.4 Å². The van der Waals surface area contributed by atoms with E-state index in [9.17, 15) is 8.42 Å². The zero-order valence-corrected chi connectivity index (χ0v) is 12.7. The molecule has 0 saturated heterocycles. The van der Waals surface area contributed by atoms with Gasteiger partial charge in [0.15, 0.2) is 5.82 Å². The van der Waals surface area contributed by atoms with E-state index in [4.69, 9.17) is 5.14 Å². The number of rotatable bonds is 4. The number of fused-ring (bicyclic) bond motifs is 1. The monoisotopic (exact) mass is 317 g/mol. The largest absolute Gasteiger partial charge is 0.371 e. The normalized spacial score (nSPS) is 11.7. The molecule has 0 amide bonds. The van der Waals surface area contributed by atoms with Crippen LogP contribution < -0.4 is 10.5 Å². The molecule has 2 heterocycles. The maximum Gasteiger partial charge on any atom is 0.238 e. The first-order valence-corrected chi connectivity index (χ1v) is 8.15. The molecule has 8 heteroatoms. The van der Waals surface area contributed by atoms with Crippen molar-refractivity contribution in [3.05, 3.63) is 47.9 Å². The number of hydrogen-bond donors (Lipinski definition) is 3. The van der Waals surface area contributed by atoms with Crippen LogP contribution in [0, 0.1) is 0 Å². The average molecular weight is 317 g/mol. The molecule has 0 radical (unpaired) electrons. The average Bonchev–Trinajstić information content (AvgIpc) is 2.94. The smallest absolute Gasteiger partial charge is 0.238 e. The summed E-state index contributed by atoms with van der Waals surface area (Å²) >= 11 is 0. The molecular weight excluding hydrogens is 302 g/mol. The molecule has 2 aromatic heterocycles. The first-order valence-electron chi connectivity index (χ1n) is 6.61. The van der Waals surface area contributed by atoms with E-state index in [-0.39, 0.29) is 4.90 Å². The summed E-state index contributed by atoms with van der Waals surface area (Å²) in [5.41, 5.74) is 2.59. The van der Waals surface area contributed by atoms with Crippen LogP contribution in [-0.2, 0) is 16.4 Å². The third-order valence-electron chi connectivity index (χ3n) is 3.30. The Kier molecular flexibility index (Phi) is 3.55. The molecule has 0 atom stereocenters. The molecule has 3 rings (SSSR count). The predicted octanol–water partition coefficient (Wildman–Crippen LogP) is 1.24. The molecule has 114 valence electrons. The van der Waals surface area contributed by atoms with Crippen LogP contribution >= 0.6 is 0 Å². The van der Waals surface area contributed by atoms with Gasteiger partial charge in [-0.25, -0.2) is 23.5 Å². The molecule has 0 fully saturated rings. The zero-order chi connectivity index (χ0) is 15.7. The standard InChI is InChI=1S/C14H15N5O2S/c1-16-14-13-11(6-7-17-13)18-12(19-14)8-9-2-4-10(5-3-9)22(15,20)21/h2-7,17H,8H2,1H3,(H2,15,20,21)(H,16,18,19). The van der Waals surface area contributed by atoms with E-state index in [0.29, 0.717) is 12.2 Å². The summed E-state index contributed by atoms with van der Waals surface area (Å²) in [6, 6.07) is 8.27. The maximum atomic E-state index is 11.2. The highest BCUT2D eigenvalue weighted by molar-refractivity contribution is 7.89. The predicted molar refractivity (Wildman–Crippen MR) is 84.1 cm³/mol. The quantitative estimate of drug-likeness (QED) is 0.670. The Morgan fingerprint density at radius 3 is 2.55 bits per heavy atom.